The van der Waals surface area contributed by atoms with Gasteiger partial charge in [-0.05, 0) is 42.3 Å². The number of benzene rings is 2. The number of carbonyl (C=O) groups excluding carboxylic acids is 2. The van der Waals surface area contributed by atoms with Crippen LogP contribution in [-0.2, 0) is 20.7 Å². The molecule has 9 heteroatoms. The summed E-state index contributed by atoms with van der Waals surface area (Å²) >= 11 is 12.2. The molecule has 2 aromatic carbocycles. The molecule has 0 aromatic heterocycles. The molecular weight excluding hydrogens is 397 g/mol. The van der Waals surface area contributed by atoms with Gasteiger partial charge >= 0.3 is 11.9 Å². The Balaban J connectivity index is 2.55. The van der Waals surface area contributed by atoms with Gasteiger partial charge in [0.25, 0.3) is 5.69 Å². The van der Waals surface area contributed by atoms with Gasteiger partial charge in [-0.25, -0.2) is 4.79 Å². The highest BCUT2D eigenvalue weighted by Crippen LogP contribution is 2.34. The highest BCUT2D eigenvalue weighted by molar-refractivity contribution is 6.31. The van der Waals surface area contributed by atoms with E-state index in [1.54, 1.807) is 0 Å². The van der Waals surface area contributed by atoms with Crippen molar-refractivity contribution in [2.24, 2.45) is 0 Å². The summed E-state index contributed by atoms with van der Waals surface area (Å²) in [7, 11) is 2.42. The third-order valence-corrected chi connectivity index (χ3v) is 4.54. The molecule has 0 heterocycles. The second-order valence-corrected chi connectivity index (χ2v) is 6.38. The molecule has 1 unspecified atom stereocenters. The lowest BCUT2D eigenvalue weighted by Gasteiger charge is -2.17. The zero-order chi connectivity index (χ0) is 20.1. The van der Waals surface area contributed by atoms with Crippen molar-refractivity contribution in [2.75, 3.05) is 14.2 Å². The van der Waals surface area contributed by atoms with E-state index in [4.69, 9.17) is 27.9 Å². The lowest BCUT2D eigenvalue weighted by molar-refractivity contribution is -0.385. The first-order valence-electron chi connectivity index (χ1n) is 7.66. The van der Waals surface area contributed by atoms with Crippen LogP contribution in [0, 0.1) is 10.1 Å². The Hall–Kier alpha value is -2.64. The van der Waals surface area contributed by atoms with Crippen molar-refractivity contribution >= 4 is 40.8 Å². The molecule has 2 rings (SSSR count). The number of nitro benzene ring substituents is 1. The van der Waals surface area contributed by atoms with Gasteiger partial charge in [-0.3, -0.25) is 14.9 Å². The fraction of sp³-hybridized carbons (Fsp3) is 0.222. The van der Waals surface area contributed by atoms with Crippen LogP contribution < -0.4 is 0 Å². The third kappa shape index (κ3) is 4.75. The number of halogens is 2. The topological polar surface area (TPSA) is 95.7 Å². The molecule has 0 aliphatic carbocycles. The van der Waals surface area contributed by atoms with Crippen LogP contribution in [0.1, 0.15) is 27.4 Å². The Kier molecular flexibility index (Phi) is 6.76. The lowest BCUT2D eigenvalue weighted by atomic mass is 9.90. The van der Waals surface area contributed by atoms with E-state index in [0.29, 0.717) is 10.6 Å². The minimum Gasteiger partial charge on any atom is -0.469 e. The van der Waals surface area contributed by atoms with E-state index in [1.807, 2.05) is 0 Å². The molecule has 0 saturated carbocycles. The van der Waals surface area contributed by atoms with Crippen LogP contribution in [0.4, 0.5) is 5.69 Å². The molecule has 0 bridgehead atoms. The Morgan fingerprint density at radius 1 is 1.11 bits per heavy atom. The molecule has 0 fully saturated rings. The fourth-order valence-electron chi connectivity index (χ4n) is 2.63. The number of nitrogens with zero attached hydrogens (tertiary/aromatic N) is 1. The number of ether oxygens (including phenoxy) is 2. The summed E-state index contributed by atoms with van der Waals surface area (Å²) in [6.07, 6.45) is -0.0302. The van der Waals surface area contributed by atoms with Gasteiger partial charge in [0.2, 0.25) is 0 Å². The average Bonchev–Trinajstić information content (AvgIpc) is 2.65. The first-order valence-corrected chi connectivity index (χ1v) is 8.42. The molecule has 142 valence electrons. The van der Waals surface area contributed by atoms with Gasteiger partial charge in [-0.1, -0.05) is 23.2 Å². The highest BCUT2D eigenvalue weighted by Gasteiger charge is 2.30. The first-order chi connectivity index (χ1) is 12.8. The molecule has 7 nitrogen and oxygen atoms in total. The van der Waals surface area contributed by atoms with Crippen molar-refractivity contribution in [3.63, 3.8) is 0 Å². The van der Waals surface area contributed by atoms with Gasteiger partial charge in [0.1, 0.15) is 0 Å². The standard InChI is InChI=1S/C18H15Cl2NO6/c1-26-17(22)10-3-5-15(20)11(7-10)8-14(18(23)27-2)13-9-12(19)4-6-16(13)21(24)25/h3-7,9,14H,8H2,1-2H3. The van der Waals surface area contributed by atoms with E-state index in [9.17, 15) is 19.7 Å². The summed E-state index contributed by atoms with van der Waals surface area (Å²) in [5, 5.41) is 11.9. The second kappa shape index (κ2) is 8.83. The maximum Gasteiger partial charge on any atom is 0.337 e. The van der Waals surface area contributed by atoms with Gasteiger partial charge < -0.3 is 9.47 Å². The first kappa shape index (κ1) is 20.7. The quantitative estimate of drug-likeness (QED) is 0.401. The predicted molar refractivity (Wildman–Crippen MR) is 99.4 cm³/mol. The molecule has 1 atom stereocenters. The third-order valence-electron chi connectivity index (χ3n) is 3.94. The van der Waals surface area contributed by atoms with Crippen LogP contribution in [0.15, 0.2) is 36.4 Å². The summed E-state index contributed by atoms with van der Waals surface area (Å²) in [5.74, 6) is -2.31. The number of rotatable bonds is 6. The lowest BCUT2D eigenvalue weighted by Crippen LogP contribution is -2.18. The fourth-order valence-corrected chi connectivity index (χ4v) is 3.00. The zero-order valence-electron chi connectivity index (χ0n) is 14.4. The minimum atomic E-state index is -1.04. The Morgan fingerprint density at radius 2 is 1.81 bits per heavy atom. The molecule has 0 N–H and O–H groups in total. The number of nitro groups is 1. The van der Waals surface area contributed by atoms with E-state index in [0.717, 1.165) is 0 Å². The summed E-state index contributed by atoms with van der Waals surface area (Å²) in [6, 6.07) is 8.37. The summed E-state index contributed by atoms with van der Waals surface area (Å²) in [5.41, 5.74) is 0.499. The zero-order valence-corrected chi connectivity index (χ0v) is 15.9. The number of esters is 2. The normalized spacial score (nSPS) is 11.6. The van der Waals surface area contributed by atoms with Gasteiger partial charge in [-0.2, -0.15) is 0 Å². The van der Waals surface area contributed by atoms with Gasteiger partial charge in [0, 0.05) is 21.7 Å². The highest BCUT2D eigenvalue weighted by atomic mass is 35.5. The van der Waals surface area contributed by atoms with Gasteiger partial charge in [0.05, 0.1) is 30.6 Å². The Labute approximate surface area is 164 Å². The van der Waals surface area contributed by atoms with E-state index >= 15 is 0 Å². The van der Waals surface area contributed by atoms with Crippen molar-refractivity contribution in [2.45, 2.75) is 12.3 Å². The number of hydrogen-bond acceptors (Lipinski definition) is 6. The number of carbonyl (C=O) groups is 2. The van der Waals surface area contributed by atoms with Crippen LogP contribution >= 0.6 is 23.2 Å². The van der Waals surface area contributed by atoms with Crippen LogP contribution in [0.5, 0.6) is 0 Å². The largest absolute Gasteiger partial charge is 0.469 e. The Morgan fingerprint density at radius 3 is 2.41 bits per heavy atom. The molecule has 0 aliphatic rings. The van der Waals surface area contributed by atoms with Crippen LogP contribution in [0.25, 0.3) is 0 Å². The van der Waals surface area contributed by atoms with Crippen LogP contribution in [0.2, 0.25) is 10.0 Å². The van der Waals surface area contributed by atoms with Crippen molar-refractivity contribution in [1.29, 1.82) is 0 Å². The SMILES string of the molecule is COC(=O)c1ccc(Cl)c(CC(C(=O)OC)c2cc(Cl)ccc2[N+](=O)[O-])c1. The van der Waals surface area contributed by atoms with Crippen molar-refractivity contribution in [1.82, 2.24) is 0 Å². The number of methoxy groups -OCH3 is 2. The van der Waals surface area contributed by atoms with Gasteiger partial charge in [0.15, 0.2) is 0 Å². The van der Waals surface area contributed by atoms with Crippen molar-refractivity contribution in [3.8, 4) is 0 Å². The molecular formula is C18H15Cl2NO6. The van der Waals surface area contributed by atoms with E-state index in [2.05, 4.69) is 4.74 Å². The van der Waals surface area contributed by atoms with E-state index in [1.165, 1.54) is 50.6 Å². The van der Waals surface area contributed by atoms with Crippen LogP contribution in [-0.4, -0.2) is 31.1 Å². The maximum absolute atomic E-state index is 12.4. The molecule has 0 saturated heterocycles. The molecule has 0 aliphatic heterocycles. The average molecular weight is 412 g/mol. The maximum atomic E-state index is 12.4. The molecule has 0 amide bonds. The summed E-state index contributed by atoms with van der Waals surface area (Å²) in [4.78, 5) is 34.9. The Bertz CT molecular complexity index is 899. The molecule has 0 radical (unpaired) electrons. The smallest absolute Gasteiger partial charge is 0.337 e. The monoisotopic (exact) mass is 411 g/mol. The number of hydrogen-bond donors (Lipinski definition) is 0. The summed E-state index contributed by atoms with van der Waals surface area (Å²) in [6.45, 7) is 0. The van der Waals surface area contributed by atoms with Gasteiger partial charge in [-0.15, -0.1) is 0 Å². The van der Waals surface area contributed by atoms with E-state index < -0.39 is 22.8 Å². The molecule has 0 spiro atoms. The van der Waals surface area contributed by atoms with Crippen LogP contribution in [0.3, 0.4) is 0 Å². The minimum absolute atomic E-state index is 0.0302. The molecule has 27 heavy (non-hydrogen) atoms. The second-order valence-electron chi connectivity index (χ2n) is 5.54. The van der Waals surface area contributed by atoms with Crippen molar-refractivity contribution < 1.29 is 24.0 Å². The summed E-state index contributed by atoms with van der Waals surface area (Å²) < 4.78 is 9.49. The van der Waals surface area contributed by atoms with E-state index in [-0.39, 0.29) is 28.3 Å². The van der Waals surface area contributed by atoms with Crippen molar-refractivity contribution in [3.05, 3.63) is 73.2 Å². The molecule has 2 aromatic rings. The predicted octanol–water partition coefficient (Wildman–Crippen LogP) is 4.19.